The van der Waals surface area contributed by atoms with Crippen LogP contribution in [-0.4, -0.2) is 30.4 Å². The normalized spacial score (nSPS) is 10.2. The highest BCUT2D eigenvalue weighted by Crippen LogP contribution is 2.37. The van der Waals surface area contributed by atoms with Crippen LogP contribution in [0.25, 0.3) is 11.1 Å². The molecule has 0 bridgehead atoms. The number of carbonyl (C=O) groups excluding carboxylic acids is 1. The van der Waals surface area contributed by atoms with Crippen molar-refractivity contribution in [1.82, 2.24) is 0 Å². The fourth-order valence-corrected chi connectivity index (χ4v) is 2.13. The van der Waals surface area contributed by atoms with E-state index in [1.54, 1.807) is 31.4 Å². The van der Waals surface area contributed by atoms with Gasteiger partial charge >= 0.3 is 5.97 Å². The fourth-order valence-electron chi connectivity index (χ4n) is 2.13. The molecule has 0 saturated heterocycles. The van der Waals surface area contributed by atoms with Gasteiger partial charge in [-0.3, -0.25) is 4.79 Å². The van der Waals surface area contributed by atoms with Crippen molar-refractivity contribution in [2.45, 2.75) is 6.42 Å². The third-order valence-electron chi connectivity index (χ3n) is 3.13. The summed E-state index contributed by atoms with van der Waals surface area (Å²) in [6, 6.07) is 9.72. The highest BCUT2D eigenvalue weighted by Gasteiger charge is 2.15. The van der Waals surface area contributed by atoms with Gasteiger partial charge in [-0.1, -0.05) is 12.1 Å². The summed E-state index contributed by atoms with van der Waals surface area (Å²) in [5.41, 5.74) is 1.69. The number of methoxy groups -OCH3 is 2. The molecule has 0 amide bonds. The van der Waals surface area contributed by atoms with E-state index in [4.69, 9.17) is 4.74 Å². The van der Waals surface area contributed by atoms with E-state index in [1.807, 2.05) is 0 Å². The lowest BCUT2D eigenvalue weighted by Gasteiger charge is -2.12. The molecule has 2 aromatic rings. The first-order chi connectivity index (χ1) is 10.0. The minimum atomic E-state index is -0.449. The van der Waals surface area contributed by atoms with Gasteiger partial charge in [-0.15, -0.1) is 0 Å². The van der Waals surface area contributed by atoms with E-state index in [9.17, 15) is 15.0 Å². The average molecular weight is 288 g/mol. The second-order valence-corrected chi connectivity index (χ2v) is 4.48. The van der Waals surface area contributed by atoms with E-state index in [2.05, 4.69) is 4.74 Å². The second-order valence-electron chi connectivity index (χ2n) is 4.48. The quantitative estimate of drug-likeness (QED) is 0.845. The zero-order chi connectivity index (χ0) is 15.4. The molecule has 21 heavy (non-hydrogen) atoms. The van der Waals surface area contributed by atoms with Gasteiger partial charge in [0.25, 0.3) is 0 Å². The van der Waals surface area contributed by atoms with Gasteiger partial charge in [0.2, 0.25) is 0 Å². The van der Waals surface area contributed by atoms with Crippen molar-refractivity contribution in [1.29, 1.82) is 0 Å². The molecule has 5 heteroatoms. The third kappa shape index (κ3) is 3.25. The van der Waals surface area contributed by atoms with Crippen LogP contribution in [0.1, 0.15) is 5.56 Å². The van der Waals surface area contributed by atoms with E-state index in [-0.39, 0.29) is 17.9 Å². The highest BCUT2D eigenvalue weighted by molar-refractivity contribution is 5.81. The summed E-state index contributed by atoms with van der Waals surface area (Å²) in [6.07, 6.45) is -0.0418. The van der Waals surface area contributed by atoms with E-state index < -0.39 is 5.97 Å². The van der Waals surface area contributed by atoms with Crippen LogP contribution in [0.5, 0.6) is 17.2 Å². The van der Waals surface area contributed by atoms with Crippen LogP contribution in [0.15, 0.2) is 36.4 Å². The van der Waals surface area contributed by atoms with Crippen molar-refractivity contribution in [3.05, 3.63) is 42.0 Å². The average Bonchev–Trinajstić information content (AvgIpc) is 2.47. The molecule has 0 saturated carbocycles. The summed E-state index contributed by atoms with van der Waals surface area (Å²) < 4.78 is 9.73. The minimum Gasteiger partial charge on any atom is -0.508 e. The van der Waals surface area contributed by atoms with Crippen LogP contribution < -0.4 is 4.74 Å². The number of aromatic hydroxyl groups is 2. The molecular formula is C16H16O5. The standard InChI is InChI=1S/C16H16O5/c1-20-13-5-3-10(4-6-13)16-11(8-15(19)21-2)7-12(17)9-14(16)18/h3-7,9,17-18H,8H2,1-2H3. The molecule has 2 aromatic carbocycles. The summed E-state index contributed by atoms with van der Waals surface area (Å²) in [4.78, 5) is 11.5. The third-order valence-corrected chi connectivity index (χ3v) is 3.13. The van der Waals surface area contributed by atoms with E-state index in [1.165, 1.54) is 19.2 Å². The zero-order valence-electron chi connectivity index (χ0n) is 11.8. The van der Waals surface area contributed by atoms with Crippen molar-refractivity contribution in [3.8, 4) is 28.4 Å². The number of hydrogen-bond acceptors (Lipinski definition) is 5. The fraction of sp³-hybridized carbons (Fsp3) is 0.188. The molecule has 110 valence electrons. The monoisotopic (exact) mass is 288 g/mol. The summed E-state index contributed by atoms with van der Waals surface area (Å²) in [5.74, 6) is 0.0315. The molecule has 0 aliphatic rings. The molecule has 0 aliphatic heterocycles. The Balaban J connectivity index is 2.51. The first kappa shape index (κ1) is 14.7. The number of rotatable bonds is 4. The number of benzene rings is 2. The minimum absolute atomic E-state index is 0.0418. The van der Waals surface area contributed by atoms with Crippen LogP contribution in [0.3, 0.4) is 0 Å². The lowest BCUT2D eigenvalue weighted by Crippen LogP contribution is -2.05. The number of phenolic OH excluding ortho intramolecular Hbond substituents is 2. The summed E-state index contributed by atoms with van der Waals surface area (Å²) >= 11 is 0. The molecule has 0 fully saturated rings. The maximum Gasteiger partial charge on any atom is 0.310 e. The molecule has 2 N–H and O–H groups in total. The Bertz CT molecular complexity index is 646. The summed E-state index contributed by atoms with van der Waals surface area (Å²) in [6.45, 7) is 0. The Kier molecular flexibility index (Phi) is 4.33. The Morgan fingerprint density at radius 3 is 2.33 bits per heavy atom. The van der Waals surface area contributed by atoms with Gasteiger partial charge in [-0.05, 0) is 29.3 Å². The Hall–Kier alpha value is -2.69. The molecule has 0 atom stereocenters. The largest absolute Gasteiger partial charge is 0.508 e. The molecule has 2 rings (SSSR count). The second kappa shape index (κ2) is 6.17. The molecule has 5 nitrogen and oxygen atoms in total. The number of ether oxygens (including phenoxy) is 2. The smallest absolute Gasteiger partial charge is 0.310 e. The number of carbonyl (C=O) groups is 1. The van der Waals surface area contributed by atoms with E-state index in [0.717, 1.165) is 0 Å². The number of hydrogen-bond donors (Lipinski definition) is 2. The molecule has 0 aromatic heterocycles. The number of esters is 1. The van der Waals surface area contributed by atoms with E-state index in [0.29, 0.717) is 22.4 Å². The van der Waals surface area contributed by atoms with Gasteiger partial charge in [-0.2, -0.15) is 0 Å². The van der Waals surface area contributed by atoms with E-state index >= 15 is 0 Å². The molecule has 0 spiro atoms. The predicted molar refractivity (Wildman–Crippen MR) is 77.5 cm³/mol. The van der Waals surface area contributed by atoms with Gasteiger partial charge in [-0.25, -0.2) is 0 Å². The van der Waals surface area contributed by atoms with Gasteiger partial charge in [0.1, 0.15) is 17.2 Å². The first-order valence-corrected chi connectivity index (χ1v) is 6.31. The first-order valence-electron chi connectivity index (χ1n) is 6.31. The van der Waals surface area contributed by atoms with Crippen LogP contribution in [0.2, 0.25) is 0 Å². The topological polar surface area (TPSA) is 76.0 Å². The molecule has 0 aliphatic carbocycles. The lowest BCUT2D eigenvalue weighted by atomic mass is 9.96. The van der Waals surface area contributed by atoms with Crippen LogP contribution in [0.4, 0.5) is 0 Å². The SMILES string of the molecule is COC(=O)Cc1cc(O)cc(O)c1-c1ccc(OC)cc1. The number of phenols is 2. The van der Waals surface area contributed by atoms with Crippen LogP contribution in [-0.2, 0) is 16.0 Å². The van der Waals surface area contributed by atoms with Gasteiger partial charge in [0.05, 0.1) is 20.6 Å². The van der Waals surface area contributed by atoms with Crippen LogP contribution >= 0.6 is 0 Å². The van der Waals surface area contributed by atoms with Gasteiger partial charge < -0.3 is 19.7 Å². The van der Waals surface area contributed by atoms with Crippen molar-refractivity contribution >= 4 is 5.97 Å². The van der Waals surface area contributed by atoms with Crippen LogP contribution in [0, 0.1) is 0 Å². The van der Waals surface area contributed by atoms with Crippen molar-refractivity contribution in [2.24, 2.45) is 0 Å². The Morgan fingerprint density at radius 1 is 1.10 bits per heavy atom. The molecule has 0 heterocycles. The summed E-state index contributed by atoms with van der Waals surface area (Å²) in [5, 5.41) is 19.7. The zero-order valence-corrected chi connectivity index (χ0v) is 11.8. The van der Waals surface area contributed by atoms with Gasteiger partial charge in [0, 0.05) is 11.6 Å². The molecular weight excluding hydrogens is 272 g/mol. The van der Waals surface area contributed by atoms with Crippen molar-refractivity contribution < 1.29 is 24.5 Å². The predicted octanol–water partition coefficient (Wildman–Crippen LogP) is 2.49. The molecule has 0 radical (unpaired) electrons. The van der Waals surface area contributed by atoms with Crippen molar-refractivity contribution in [2.75, 3.05) is 14.2 Å². The van der Waals surface area contributed by atoms with Crippen molar-refractivity contribution in [3.63, 3.8) is 0 Å². The Morgan fingerprint density at radius 2 is 1.76 bits per heavy atom. The lowest BCUT2D eigenvalue weighted by molar-refractivity contribution is -0.139. The Labute approximate surface area is 122 Å². The van der Waals surface area contributed by atoms with Gasteiger partial charge in [0.15, 0.2) is 0 Å². The maximum atomic E-state index is 11.5. The highest BCUT2D eigenvalue weighted by atomic mass is 16.5. The maximum absolute atomic E-state index is 11.5. The molecule has 0 unspecified atom stereocenters. The summed E-state index contributed by atoms with van der Waals surface area (Å²) in [7, 11) is 2.85.